The summed E-state index contributed by atoms with van der Waals surface area (Å²) in [6, 6.07) is 11.3. The van der Waals surface area contributed by atoms with E-state index in [1.54, 1.807) is 16.8 Å². The Morgan fingerprint density at radius 1 is 1.10 bits per heavy atom. The van der Waals surface area contributed by atoms with Gasteiger partial charge >= 0.3 is 0 Å². The van der Waals surface area contributed by atoms with Gasteiger partial charge in [0.25, 0.3) is 5.56 Å². The smallest absolute Gasteiger partial charge is 0.266 e. The number of hydrogen-bond donors (Lipinski definition) is 0. The molecule has 112 valence electrons. The molecule has 1 aromatic heterocycles. The normalized spacial score (nSPS) is 11.0. The van der Waals surface area contributed by atoms with Crippen molar-refractivity contribution in [3.05, 3.63) is 51.2 Å². The maximum atomic E-state index is 11.9. The van der Waals surface area contributed by atoms with Gasteiger partial charge in [0.05, 0.1) is 12.2 Å². The fourth-order valence-corrected chi connectivity index (χ4v) is 2.42. The van der Waals surface area contributed by atoms with Crippen molar-refractivity contribution in [2.24, 2.45) is 0 Å². The fraction of sp³-hybridized carbons (Fsp3) is 0.375. The van der Waals surface area contributed by atoms with E-state index in [0.29, 0.717) is 6.54 Å². The molecule has 21 heavy (non-hydrogen) atoms. The summed E-state index contributed by atoms with van der Waals surface area (Å²) < 4.78 is 2.58. The molecule has 1 heterocycles. The average molecular weight is 350 g/mol. The maximum Gasteiger partial charge on any atom is 0.266 e. The van der Waals surface area contributed by atoms with E-state index in [1.807, 2.05) is 24.3 Å². The largest absolute Gasteiger partial charge is 0.302 e. The van der Waals surface area contributed by atoms with Crippen LogP contribution in [0.2, 0.25) is 0 Å². The minimum atomic E-state index is -0.0528. The number of likely N-dealkylation sites (N-methyl/N-ethyl adjacent to an activating group) is 1. The van der Waals surface area contributed by atoms with E-state index < -0.39 is 0 Å². The average Bonchev–Trinajstić information content (AvgIpc) is 2.51. The summed E-state index contributed by atoms with van der Waals surface area (Å²) in [7, 11) is 0. The van der Waals surface area contributed by atoms with E-state index in [1.165, 1.54) is 0 Å². The Kier molecular flexibility index (Phi) is 5.70. The summed E-state index contributed by atoms with van der Waals surface area (Å²) in [5, 5.41) is 4.47. The van der Waals surface area contributed by atoms with Gasteiger partial charge in [0, 0.05) is 22.6 Å². The zero-order valence-electron chi connectivity index (χ0n) is 12.4. The molecule has 4 nitrogen and oxygen atoms in total. The summed E-state index contributed by atoms with van der Waals surface area (Å²) in [5.41, 5.74) is 1.78. The number of rotatable bonds is 6. The highest BCUT2D eigenvalue weighted by atomic mass is 79.9. The molecule has 0 radical (unpaired) electrons. The van der Waals surface area contributed by atoms with Gasteiger partial charge in [-0.3, -0.25) is 4.79 Å². The van der Waals surface area contributed by atoms with Crippen LogP contribution in [-0.2, 0) is 6.54 Å². The zero-order valence-corrected chi connectivity index (χ0v) is 14.0. The monoisotopic (exact) mass is 349 g/mol. The molecule has 0 aliphatic rings. The maximum absolute atomic E-state index is 11.9. The molecule has 0 saturated heterocycles. The van der Waals surface area contributed by atoms with E-state index in [9.17, 15) is 4.79 Å². The second-order valence-corrected chi connectivity index (χ2v) is 5.73. The molecule has 1 aromatic carbocycles. The standard InChI is InChI=1S/C16H20BrN3O/c1-3-19(4-2)11-12-20-16(21)10-9-15(18-20)13-5-7-14(17)8-6-13/h5-10H,3-4,11-12H2,1-2H3. The number of aromatic nitrogens is 2. The molecular weight excluding hydrogens is 330 g/mol. The Morgan fingerprint density at radius 2 is 1.76 bits per heavy atom. The molecule has 0 spiro atoms. The third-order valence-corrected chi connectivity index (χ3v) is 4.06. The van der Waals surface area contributed by atoms with Crippen molar-refractivity contribution in [3.63, 3.8) is 0 Å². The molecule has 0 bridgehead atoms. The van der Waals surface area contributed by atoms with Crippen molar-refractivity contribution in [3.8, 4) is 11.3 Å². The molecule has 2 aromatic rings. The van der Waals surface area contributed by atoms with E-state index in [2.05, 4.69) is 39.8 Å². The lowest BCUT2D eigenvalue weighted by molar-refractivity contribution is 0.283. The van der Waals surface area contributed by atoms with Crippen molar-refractivity contribution in [1.29, 1.82) is 0 Å². The molecule has 0 fully saturated rings. The van der Waals surface area contributed by atoms with Crippen molar-refractivity contribution >= 4 is 15.9 Å². The van der Waals surface area contributed by atoms with Gasteiger partial charge in [-0.1, -0.05) is 41.9 Å². The first-order chi connectivity index (χ1) is 10.1. The Morgan fingerprint density at radius 3 is 2.38 bits per heavy atom. The van der Waals surface area contributed by atoms with E-state index >= 15 is 0 Å². The van der Waals surface area contributed by atoms with Gasteiger partial charge < -0.3 is 4.90 Å². The third-order valence-electron chi connectivity index (χ3n) is 3.53. The highest BCUT2D eigenvalue weighted by Gasteiger charge is 2.05. The Hall–Kier alpha value is -1.46. The number of halogens is 1. The van der Waals surface area contributed by atoms with Gasteiger partial charge in [-0.15, -0.1) is 0 Å². The lowest BCUT2D eigenvalue weighted by Crippen LogP contribution is -2.31. The molecule has 0 amide bonds. The number of hydrogen-bond acceptors (Lipinski definition) is 3. The van der Waals surface area contributed by atoms with E-state index in [4.69, 9.17) is 0 Å². The lowest BCUT2D eigenvalue weighted by Gasteiger charge is -2.18. The molecule has 0 aliphatic carbocycles. The first kappa shape index (κ1) is 15.9. The minimum Gasteiger partial charge on any atom is -0.302 e. The van der Waals surface area contributed by atoms with Crippen LogP contribution >= 0.6 is 15.9 Å². The van der Waals surface area contributed by atoms with Crippen LogP contribution in [0.4, 0.5) is 0 Å². The van der Waals surface area contributed by atoms with Gasteiger partial charge in [-0.05, 0) is 31.3 Å². The fourth-order valence-electron chi connectivity index (χ4n) is 2.16. The van der Waals surface area contributed by atoms with Crippen LogP contribution in [0.25, 0.3) is 11.3 Å². The SMILES string of the molecule is CCN(CC)CCn1nc(-c2ccc(Br)cc2)ccc1=O. The molecule has 0 saturated carbocycles. The lowest BCUT2D eigenvalue weighted by atomic mass is 10.1. The Balaban J connectivity index is 2.21. The molecule has 5 heteroatoms. The van der Waals surface area contributed by atoms with Gasteiger partial charge in [0.15, 0.2) is 0 Å². The van der Waals surface area contributed by atoms with Crippen LogP contribution in [0.15, 0.2) is 45.7 Å². The topological polar surface area (TPSA) is 38.1 Å². The molecule has 0 unspecified atom stereocenters. The van der Waals surface area contributed by atoms with Crippen LogP contribution in [0.1, 0.15) is 13.8 Å². The van der Waals surface area contributed by atoms with Gasteiger partial charge in [0.1, 0.15) is 0 Å². The second kappa shape index (κ2) is 7.52. The van der Waals surface area contributed by atoms with Crippen molar-refractivity contribution in [1.82, 2.24) is 14.7 Å². The molecule has 0 aliphatic heterocycles. The van der Waals surface area contributed by atoms with Gasteiger partial charge in [-0.2, -0.15) is 5.10 Å². The van der Waals surface area contributed by atoms with Crippen LogP contribution < -0.4 is 5.56 Å². The minimum absolute atomic E-state index is 0.0528. The Labute approximate surface area is 133 Å². The Bertz CT molecular complexity index is 633. The van der Waals surface area contributed by atoms with Crippen LogP contribution in [0.5, 0.6) is 0 Å². The number of nitrogens with zero attached hydrogens (tertiary/aromatic N) is 3. The van der Waals surface area contributed by atoms with Crippen molar-refractivity contribution in [2.45, 2.75) is 20.4 Å². The quantitative estimate of drug-likeness (QED) is 0.804. The predicted octanol–water partition coefficient (Wildman–Crippen LogP) is 3.01. The summed E-state index contributed by atoms with van der Waals surface area (Å²) in [6.07, 6.45) is 0. The summed E-state index contributed by atoms with van der Waals surface area (Å²) >= 11 is 3.42. The molecular formula is C16H20BrN3O. The summed E-state index contributed by atoms with van der Waals surface area (Å²) in [6.45, 7) is 7.67. The van der Waals surface area contributed by atoms with Crippen LogP contribution in [0.3, 0.4) is 0 Å². The third kappa shape index (κ3) is 4.25. The zero-order chi connectivity index (χ0) is 15.2. The van der Waals surface area contributed by atoms with E-state index in [-0.39, 0.29) is 5.56 Å². The van der Waals surface area contributed by atoms with Crippen molar-refractivity contribution < 1.29 is 0 Å². The van der Waals surface area contributed by atoms with Crippen molar-refractivity contribution in [2.75, 3.05) is 19.6 Å². The summed E-state index contributed by atoms with van der Waals surface area (Å²) in [4.78, 5) is 14.2. The first-order valence-corrected chi connectivity index (χ1v) is 7.99. The summed E-state index contributed by atoms with van der Waals surface area (Å²) in [5.74, 6) is 0. The highest BCUT2D eigenvalue weighted by Crippen LogP contribution is 2.18. The van der Waals surface area contributed by atoms with Gasteiger partial charge in [-0.25, -0.2) is 4.68 Å². The van der Waals surface area contributed by atoms with Crippen LogP contribution in [-0.4, -0.2) is 34.3 Å². The molecule has 2 rings (SSSR count). The van der Waals surface area contributed by atoms with Gasteiger partial charge in [0.2, 0.25) is 0 Å². The highest BCUT2D eigenvalue weighted by molar-refractivity contribution is 9.10. The van der Waals surface area contributed by atoms with Crippen LogP contribution in [0, 0.1) is 0 Å². The molecule has 0 N–H and O–H groups in total. The second-order valence-electron chi connectivity index (χ2n) is 4.81. The predicted molar refractivity (Wildman–Crippen MR) is 89.4 cm³/mol. The molecule has 0 atom stereocenters. The first-order valence-electron chi connectivity index (χ1n) is 7.20. The number of benzene rings is 1. The van der Waals surface area contributed by atoms with E-state index in [0.717, 1.165) is 35.4 Å².